The predicted molar refractivity (Wildman–Crippen MR) is 87.5 cm³/mol. The zero-order chi connectivity index (χ0) is 16.2. The van der Waals surface area contributed by atoms with E-state index in [9.17, 15) is 4.79 Å². The summed E-state index contributed by atoms with van der Waals surface area (Å²) < 4.78 is 12.9. The number of ether oxygens (including phenoxy) is 2. The van der Waals surface area contributed by atoms with Gasteiger partial charge < -0.3 is 18.9 Å². The summed E-state index contributed by atoms with van der Waals surface area (Å²) in [6.07, 6.45) is 4.16. The molecule has 1 amide bonds. The number of benzene rings is 1. The van der Waals surface area contributed by atoms with E-state index in [2.05, 4.69) is 0 Å². The Morgan fingerprint density at radius 1 is 1.26 bits per heavy atom. The molecule has 0 aliphatic heterocycles. The number of aryl methyl sites for hydroxylation is 1. The topological polar surface area (TPSA) is 43.7 Å². The first-order chi connectivity index (χ1) is 11.2. The molecule has 3 rings (SSSR count). The van der Waals surface area contributed by atoms with Crippen molar-refractivity contribution >= 4 is 5.91 Å². The van der Waals surface area contributed by atoms with Crippen molar-refractivity contribution in [3.63, 3.8) is 0 Å². The summed E-state index contributed by atoms with van der Waals surface area (Å²) >= 11 is 0. The van der Waals surface area contributed by atoms with Crippen LogP contribution in [0.5, 0.6) is 11.5 Å². The number of amides is 1. The highest BCUT2D eigenvalue weighted by atomic mass is 16.5. The maximum atomic E-state index is 12.6. The third-order valence-corrected chi connectivity index (χ3v) is 4.10. The van der Waals surface area contributed by atoms with Gasteiger partial charge in [-0.2, -0.15) is 0 Å². The predicted octanol–water partition coefficient (Wildman–Crippen LogP) is 2.60. The molecule has 0 atom stereocenters. The number of hydrogen-bond donors (Lipinski definition) is 0. The normalized spacial score (nSPS) is 13.7. The van der Waals surface area contributed by atoms with E-state index in [0.717, 1.165) is 24.3 Å². The van der Waals surface area contributed by atoms with Gasteiger partial charge in [-0.1, -0.05) is 6.07 Å². The van der Waals surface area contributed by atoms with Crippen LogP contribution in [0.15, 0.2) is 42.6 Å². The Kier molecular flexibility index (Phi) is 4.55. The largest absolute Gasteiger partial charge is 0.497 e. The van der Waals surface area contributed by atoms with Gasteiger partial charge in [-0.25, -0.2) is 0 Å². The molecule has 122 valence electrons. The standard InChI is InChI=1S/C18H22N2O3/c1-19-10-4-5-15(19)12-20(14-8-9-14)18(21)13-23-17-7-3-6-16(11-17)22-2/h3-7,10-11,14H,8-9,12-13H2,1-2H3. The SMILES string of the molecule is COc1cccc(OCC(=O)N(Cc2cccn2C)C2CC2)c1. The third-order valence-electron chi connectivity index (χ3n) is 4.10. The highest BCUT2D eigenvalue weighted by Crippen LogP contribution is 2.28. The van der Waals surface area contributed by atoms with Crippen molar-refractivity contribution in [3.05, 3.63) is 48.3 Å². The second-order valence-electron chi connectivity index (χ2n) is 5.83. The van der Waals surface area contributed by atoms with Crippen LogP contribution < -0.4 is 9.47 Å². The fraction of sp³-hybridized carbons (Fsp3) is 0.389. The quantitative estimate of drug-likeness (QED) is 0.789. The summed E-state index contributed by atoms with van der Waals surface area (Å²) in [4.78, 5) is 14.5. The smallest absolute Gasteiger partial charge is 0.261 e. The second-order valence-corrected chi connectivity index (χ2v) is 5.83. The maximum Gasteiger partial charge on any atom is 0.261 e. The molecule has 1 aliphatic rings. The van der Waals surface area contributed by atoms with Gasteiger partial charge in [-0.15, -0.1) is 0 Å². The van der Waals surface area contributed by atoms with Gasteiger partial charge in [0, 0.05) is 31.0 Å². The molecule has 0 unspecified atom stereocenters. The Morgan fingerprint density at radius 3 is 2.70 bits per heavy atom. The van der Waals surface area contributed by atoms with Gasteiger partial charge in [0.2, 0.25) is 0 Å². The first-order valence-electron chi connectivity index (χ1n) is 7.84. The minimum absolute atomic E-state index is 0.0246. The molecular weight excluding hydrogens is 292 g/mol. The van der Waals surface area contributed by atoms with Crippen molar-refractivity contribution in [2.45, 2.75) is 25.4 Å². The number of carbonyl (C=O) groups is 1. The minimum Gasteiger partial charge on any atom is -0.497 e. The Hall–Kier alpha value is -2.43. The lowest BCUT2D eigenvalue weighted by atomic mass is 10.3. The van der Waals surface area contributed by atoms with Crippen LogP contribution in [0.2, 0.25) is 0 Å². The van der Waals surface area contributed by atoms with Gasteiger partial charge in [-0.05, 0) is 37.1 Å². The molecule has 0 spiro atoms. The minimum atomic E-state index is 0.0246. The summed E-state index contributed by atoms with van der Waals surface area (Å²) in [6, 6.07) is 11.7. The maximum absolute atomic E-state index is 12.6. The summed E-state index contributed by atoms with van der Waals surface area (Å²) in [5.74, 6) is 1.39. The zero-order valence-electron chi connectivity index (χ0n) is 13.6. The van der Waals surface area contributed by atoms with Gasteiger partial charge in [0.25, 0.3) is 5.91 Å². The van der Waals surface area contributed by atoms with Crippen LogP contribution >= 0.6 is 0 Å². The van der Waals surface area contributed by atoms with E-state index in [1.165, 1.54) is 0 Å². The monoisotopic (exact) mass is 314 g/mol. The second kappa shape index (κ2) is 6.77. The Bertz CT molecular complexity index is 676. The Morgan fingerprint density at radius 2 is 2.04 bits per heavy atom. The summed E-state index contributed by atoms with van der Waals surface area (Å²) in [6.45, 7) is 0.683. The van der Waals surface area contributed by atoms with Gasteiger partial charge in [0.15, 0.2) is 6.61 Å². The first kappa shape index (κ1) is 15.5. The molecule has 1 aliphatic carbocycles. The average molecular weight is 314 g/mol. The molecule has 1 aromatic carbocycles. The highest BCUT2D eigenvalue weighted by Gasteiger charge is 2.33. The van der Waals surface area contributed by atoms with Crippen LogP contribution in [-0.2, 0) is 18.4 Å². The van der Waals surface area contributed by atoms with E-state index in [0.29, 0.717) is 18.3 Å². The van der Waals surface area contributed by atoms with E-state index in [1.54, 1.807) is 13.2 Å². The van der Waals surface area contributed by atoms with Crippen LogP contribution in [0.3, 0.4) is 0 Å². The van der Waals surface area contributed by atoms with E-state index in [-0.39, 0.29) is 12.5 Å². The molecule has 0 bridgehead atoms. The van der Waals surface area contributed by atoms with Crippen molar-refractivity contribution in [1.29, 1.82) is 0 Å². The third kappa shape index (κ3) is 3.86. The van der Waals surface area contributed by atoms with Crippen molar-refractivity contribution in [2.24, 2.45) is 7.05 Å². The number of aromatic nitrogens is 1. The average Bonchev–Trinajstić information content (AvgIpc) is 3.33. The number of methoxy groups -OCH3 is 1. The Balaban J connectivity index is 1.61. The van der Waals surface area contributed by atoms with Crippen LogP contribution in [0.4, 0.5) is 0 Å². The molecule has 1 fully saturated rings. The van der Waals surface area contributed by atoms with Crippen LogP contribution in [0.1, 0.15) is 18.5 Å². The molecule has 5 nitrogen and oxygen atoms in total. The lowest BCUT2D eigenvalue weighted by Gasteiger charge is -2.23. The van der Waals surface area contributed by atoms with Crippen LogP contribution in [0.25, 0.3) is 0 Å². The molecule has 1 heterocycles. The molecule has 1 aromatic heterocycles. The molecular formula is C18H22N2O3. The van der Waals surface area contributed by atoms with Gasteiger partial charge in [-0.3, -0.25) is 4.79 Å². The lowest BCUT2D eigenvalue weighted by Crippen LogP contribution is -2.36. The Labute approximate surface area is 136 Å². The van der Waals surface area contributed by atoms with Crippen molar-refractivity contribution in [3.8, 4) is 11.5 Å². The van der Waals surface area contributed by atoms with E-state index in [4.69, 9.17) is 9.47 Å². The van der Waals surface area contributed by atoms with Gasteiger partial charge in [0.05, 0.1) is 13.7 Å². The molecule has 1 saturated carbocycles. The van der Waals surface area contributed by atoms with E-state index < -0.39 is 0 Å². The van der Waals surface area contributed by atoms with E-state index in [1.807, 2.05) is 53.0 Å². The lowest BCUT2D eigenvalue weighted by molar-refractivity contribution is -0.134. The first-order valence-corrected chi connectivity index (χ1v) is 7.84. The molecule has 23 heavy (non-hydrogen) atoms. The van der Waals surface area contributed by atoms with E-state index >= 15 is 0 Å². The summed E-state index contributed by atoms with van der Waals surface area (Å²) in [5, 5.41) is 0. The zero-order valence-corrected chi connectivity index (χ0v) is 13.6. The molecule has 5 heteroatoms. The molecule has 2 aromatic rings. The summed E-state index contributed by atoms with van der Waals surface area (Å²) in [7, 11) is 3.61. The highest BCUT2D eigenvalue weighted by molar-refractivity contribution is 5.78. The number of hydrogen-bond acceptors (Lipinski definition) is 3. The van der Waals surface area contributed by atoms with Crippen LogP contribution in [-0.4, -0.2) is 35.1 Å². The van der Waals surface area contributed by atoms with Crippen molar-refractivity contribution < 1.29 is 14.3 Å². The summed E-state index contributed by atoms with van der Waals surface area (Å²) in [5.41, 5.74) is 1.13. The fourth-order valence-electron chi connectivity index (χ4n) is 2.56. The van der Waals surface area contributed by atoms with Crippen molar-refractivity contribution in [2.75, 3.05) is 13.7 Å². The fourth-order valence-corrected chi connectivity index (χ4v) is 2.56. The number of rotatable bonds is 7. The molecule has 0 radical (unpaired) electrons. The van der Waals surface area contributed by atoms with Crippen molar-refractivity contribution in [1.82, 2.24) is 9.47 Å². The molecule has 0 N–H and O–H groups in total. The van der Waals surface area contributed by atoms with Gasteiger partial charge in [0.1, 0.15) is 11.5 Å². The molecule has 0 saturated heterocycles. The van der Waals surface area contributed by atoms with Gasteiger partial charge >= 0.3 is 0 Å². The number of nitrogens with zero attached hydrogens (tertiary/aromatic N) is 2. The van der Waals surface area contributed by atoms with Crippen LogP contribution in [0, 0.1) is 0 Å². The number of carbonyl (C=O) groups excluding carboxylic acids is 1.